The highest BCUT2D eigenvalue weighted by Crippen LogP contribution is 2.38. The van der Waals surface area contributed by atoms with E-state index in [0.717, 1.165) is 18.6 Å². The lowest BCUT2D eigenvalue weighted by Crippen LogP contribution is -2.45. The number of carbonyl (C=O) groups is 1. The molecule has 0 aromatic heterocycles. The molecule has 1 aliphatic rings. The van der Waals surface area contributed by atoms with Gasteiger partial charge in [0.2, 0.25) is 5.91 Å². The predicted molar refractivity (Wildman–Crippen MR) is 133 cm³/mol. The van der Waals surface area contributed by atoms with Crippen LogP contribution >= 0.6 is 24.0 Å². The van der Waals surface area contributed by atoms with Gasteiger partial charge in [0.05, 0.1) is 18.6 Å². The van der Waals surface area contributed by atoms with Gasteiger partial charge >= 0.3 is 0 Å². The minimum atomic E-state index is -1.92. The second-order valence-electron chi connectivity index (χ2n) is 9.69. The Morgan fingerprint density at radius 2 is 1.97 bits per heavy atom. The van der Waals surface area contributed by atoms with Crippen molar-refractivity contribution in [2.24, 2.45) is 0 Å². The molecule has 168 valence electrons. The molecule has 1 N–H and O–H groups in total. The number of aliphatic hydroxyl groups is 1. The van der Waals surface area contributed by atoms with Crippen LogP contribution in [0.1, 0.15) is 52.5 Å². The van der Waals surface area contributed by atoms with Crippen molar-refractivity contribution in [3.05, 3.63) is 35.9 Å². The Labute approximate surface area is 192 Å². The molecule has 1 aliphatic heterocycles. The van der Waals surface area contributed by atoms with Crippen molar-refractivity contribution in [1.29, 1.82) is 0 Å². The molecule has 0 radical (unpaired) electrons. The zero-order valence-electron chi connectivity index (χ0n) is 19.2. The van der Waals surface area contributed by atoms with Crippen molar-refractivity contribution in [1.82, 2.24) is 4.90 Å². The first-order chi connectivity index (χ1) is 13.9. The fourth-order valence-electron chi connectivity index (χ4n) is 3.38. The minimum Gasteiger partial charge on any atom is -0.414 e. The Hall–Kier alpha value is -0.733. The molecule has 1 aromatic carbocycles. The quantitative estimate of drug-likeness (QED) is 0.389. The first kappa shape index (κ1) is 25.5. The van der Waals surface area contributed by atoms with Crippen molar-refractivity contribution in [2.45, 2.75) is 89.8 Å². The number of carbonyl (C=O) groups excluding carboxylic acids is 1. The maximum Gasteiger partial charge on any atom is 0.230 e. The standard InChI is InChI=1S/C23H37NO3S2Si/c1-7-20(27-30(5,6)23(2,3)4)14-19(25)15-21(26)24-18(16-29-22(24)28)13-17-11-9-8-10-12-17/h8-12,18-20,25H,7,13-16H2,1-6H3/t18-,19-,20+/m0/s1. The average molecular weight is 468 g/mol. The largest absolute Gasteiger partial charge is 0.414 e. The van der Waals surface area contributed by atoms with Gasteiger partial charge in [-0.3, -0.25) is 9.69 Å². The van der Waals surface area contributed by atoms with Crippen LogP contribution in [0, 0.1) is 0 Å². The summed E-state index contributed by atoms with van der Waals surface area (Å²) >= 11 is 7.01. The molecule has 0 spiro atoms. The van der Waals surface area contributed by atoms with Crippen molar-refractivity contribution >= 4 is 42.5 Å². The van der Waals surface area contributed by atoms with E-state index in [1.54, 1.807) is 16.7 Å². The lowest BCUT2D eigenvalue weighted by molar-refractivity contribution is -0.130. The maximum absolute atomic E-state index is 13.0. The van der Waals surface area contributed by atoms with Crippen molar-refractivity contribution in [2.75, 3.05) is 5.75 Å². The van der Waals surface area contributed by atoms with E-state index >= 15 is 0 Å². The molecule has 30 heavy (non-hydrogen) atoms. The number of hydrogen-bond donors (Lipinski definition) is 1. The van der Waals surface area contributed by atoms with Crippen molar-refractivity contribution in [3.63, 3.8) is 0 Å². The number of hydrogen-bond acceptors (Lipinski definition) is 5. The molecule has 1 fully saturated rings. The molecule has 1 heterocycles. The van der Waals surface area contributed by atoms with E-state index in [2.05, 4.69) is 52.9 Å². The second kappa shape index (κ2) is 10.7. The average Bonchev–Trinajstić information content (AvgIpc) is 3.01. The van der Waals surface area contributed by atoms with Gasteiger partial charge in [-0.05, 0) is 43.0 Å². The Kier molecular flexibility index (Phi) is 9.13. The Bertz CT molecular complexity index is 721. The SMILES string of the molecule is CC[C@H](C[C@H](O)CC(=O)N1C(=S)SC[C@@H]1Cc1ccccc1)O[Si](C)(C)C(C)(C)C. The molecule has 0 bridgehead atoms. The maximum atomic E-state index is 13.0. The minimum absolute atomic E-state index is 0.0336. The first-order valence-electron chi connectivity index (χ1n) is 10.8. The van der Waals surface area contributed by atoms with E-state index < -0.39 is 14.4 Å². The molecule has 0 unspecified atom stereocenters. The molecule has 0 aliphatic carbocycles. The van der Waals surface area contributed by atoms with Crippen LogP contribution in [0.4, 0.5) is 0 Å². The summed E-state index contributed by atoms with van der Waals surface area (Å²) in [6.07, 6.45) is 1.41. The normalized spacial score (nSPS) is 19.8. The highest BCUT2D eigenvalue weighted by atomic mass is 32.2. The van der Waals surface area contributed by atoms with E-state index in [9.17, 15) is 9.90 Å². The van der Waals surface area contributed by atoms with Gasteiger partial charge in [-0.25, -0.2) is 0 Å². The molecule has 1 amide bonds. The molecule has 1 aromatic rings. The fourth-order valence-corrected chi connectivity index (χ4v) is 6.28. The van der Waals surface area contributed by atoms with E-state index in [0.29, 0.717) is 10.7 Å². The Morgan fingerprint density at radius 1 is 1.33 bits per heavy atom. The summed E-state index contributed by atoms with van der Waals surface area (Å²) in [6.45, 7) is 13.2. The summed E-state index contributed by atoms with van der Waals surface area (Å²) in [5.41, 5.74) is 1.19. The summed E-state index contributed by atoms with van der Waals surface area (Å²) in [5, 5.41) is 10.8. The summed E-state index contributed by atoms with van der Waals surface area (Å²) in [6, 6.07) is 10.2. The lowest BCUT2D eigenvalue weighted by atomic mass is 10.0. The Morgan fingerprint density at radius 3 is 2.53 bits per heavy atom. The van der Waals surface area contributed by atoms with Crippen LogP contribution in [0.25, 0.3) is 0 Å². The summed E-state index contributed by atoms with van der Waals surface area (Å²) < 4.78 is 7.10. The molecule has 3 atom stereocenters. The number of aliphatic hydroxyl groups excluding tert-OH is 1. The third kappa shape index (κ3) is 6.89. The van der Waals surface area contributed by atoms with Gasteiger partial charge in [0.1, 0.15) is 4.32 Å². The number of thiocarbonyl (C=S) groups is 1. The first-order valence-corrected chi connectivity index (χ1v) is 15.1. The number of amides is 1. The van der Waals surface area contributed by atoms with Gasteiger partial charge in [0, 0.05) is 11.9 Å². The second-order valence-corrected chi connectivity index (χ2v) is 16.1. The van der Waals surface area contributed by atoms with Crippen LogP contribution in [0.3, 0.4) is 0 Å². The molecular formula is C23H37NO3S2Si. The fraction of sp³-hybridized carbons (Fsp3) is 0.652. The van der Waals surface area contributed by atoms with Crippen molar-refractivity contribution < 1.29 is 14.3 Å². The van der Waals surface area contributed by atoms with E-state index in [4.69, 9.17) is 16.6 Å². The molecule has 0 saturated carbocycles. The number of benzene rings is 1. The molecule has 7 heteroatoms. The van der Waals surface area contributed by atoms with Gasteiger partial charge in [0.15, 0.2) is 8.32 Å². The smallest absolute Gasteiger partial charge is 0.230 e. The highest BCUT2D eigenvalue weighted by Gasteiger charge is 2.39. The van der Waals surface area contributed by atoms with E-state index in [-0.39, 0.29) is 29.5 Å². The van der Waals surface area contributed by atoms with Gasteiger partial charge in [-0.15, -0.1) is 0 Å². The topological polar surface area (TPSA) is 49.8 Å². The third-order valence-corrected chi connectivity index (χ3v) is 12.3. The Balaban J connectivity index is 1.96. The molecular weight excluding hydrogens is 430 g/mol. The summed E-state index contributed by atoms with van der Waals surface area (Å²) in [4.78, 5) is 14.7. The predicted octanol–water partition coefficient (Wildman–Crippen LogP) is 5.40. The zero-order chi connectivity index (χ0) is 22.5. The van der Waals surface area contributed by atoms with Crippen LogP contribution in [-0.4, -0.2) is 52.6 Å². The molecule has 1 saturated heterocycles. The third-order valence-electron chi connectivity index (χ3n) is 6.21. The van der Waals surface area contributed by atoms with Gasteiger partial charge in [0.25, 0.3) is 0 Å². The summed E-state index contributed by atoms with van der Waals surface area (Å²) in [5.74, 6) is 0.724. The van der Waals surface area contributed by atoms with E-state index in [1.807, 2.05) is 18.2 Å². The van der Waals surface area contributed by atoms with Crippen molar-refractivity contribution in [3.8, 4) is 0 Å². The van der Waals surface area contributed by atoms with Gasteiger partial charge in [-0.1, -0.05) is 82.0 Å². The molecule has 2 rings (SSSR count). The van der Waals surface area contributed by atoms with Gasteiger partial charge in [-0.2, -0.15) is 0 Å². The number of thioether (sulfide) groups is 1. The van der Waals surface area contributed by atoms with E-state index in [1.165, 1.54) is 5.56 Å². The van der Waals surface area contributed by atoms with Crippen LogP contribution < -0.4 is 0 Å². The highest BCUT2D eigenvalue weighted by molar-refractivity contribution is 8.23. The van der Waals surface area contributed by atoms with Crippen LogP contribution in [0.2, 0.25) is 18.1 Å². The number of nitrogens with zero attached hydrogens (tertiary/aromatic N) is 1. The van der Waals surface area contributed by atoms with Gasteiger partial charge < -0.3 is 9.53 Å². The van der Waals surface area contributed by atoms with Crippen LogP contribution in [0.15, 0.2) is 30.3 Å². The van der Waals surface area contributed by atoms with Crippen LogP contribution in [-0.2, 0) is 15.6 Å². The van der Waals surface area contributed by atoms with Crippen LogP contribution in [0.5, 0.6) is 0 Å². The zero-order valence-corrected chi connectivity index (χ0v) is 21.8. The summed E-state index contributed by atoms with van der Waals surface area (Å²) in [7, 11) is -1.92. The monoisotopic (exact) mass is 467 g/mol. The molecule has 4 nitrogen and oxygen atoms in total. The number of rotatable bonds is 9. The lowest BCUT2D eigenvalue weighted by Gasteiger charge is -2.39.